The van der Waals surface area contributed by atoms with Crippen LogP contribution in [-0.2, 0) is 16.0 Å². The molecule has 0 aliphatic carbocycles. The number of carbonyl (C=O) groups excluding carboxylic acids is 1. The Morgan fingerprint density at radius 2 is 2.50 bits per heavy atom. The maximum absolute atomic E-state index is 12.1. The second kappa shape index (κ2) is 5.64. The summed E-state index contributed by atoms with van der Waals surface area (Å²) < 4.78 is 5.49. The highest BCUT2D eigenvalue weighted by atomic mass is 32.1. The summed E-state index contributed by atoms with van der Waals surface area (Å²) in [5.74, 6) is -0.00565. The number of aliphatic hydroxyl groups excluding tert-OH is 1. The van der Waals surface area contributed by atoms with Gasteiger partial charge in [-0.05, 0) is 6.92 Å². The van der Waals surface area contributed by atoms with Gasteiger partial charge in [-0.25, -0.2) is 4.98 Å². The molecule has 6 nitrogen and oxygen atoms in total. The summed E-state index contributed by atoms with van der Waals surface area (Å²) in [6.07, 6.45) is -0.1000. The SMILES string of the molecule is CC1CN(C(=O)Cc2csc(N)n2)CC(CO)O1. The standard InChI is InChI=1S/C11H17N3O3S/c1-7-3-14(4-9(5-15)17-7)10(16)2-8-6-18-11(12)13-8/h6-7,9,15H,2-5H2,1H3,(H2,12,13). The quantitative estimate of drug-likeness (QED) is 0.800. The van der Waals surface area contributed by atoms with Crippen LogP contribution in [0.2, 0.25) is 0 Å². The minimum Gasteiger partial charge on any atom is -0.394 e. The van der Waals surface area contributed by atoms with Crippen LogP contribution in [0.25, 0.3) is 0 Å². The number of ether oxygens (including phenoxy) is 1. The van der Waals surface area contributed by atoms with Gasteiger partial charge < -0.3 is 20.5 Å². The van der Waals surface area contributed by atoms with Gasteiger partial charge in [-0.3, -0.25) is 4.79 Å². The Morgan fingerprint density at radius 1 is 1.72 bits per heavy atom. The summed E-state index contributed by atoms with van der Waals surface area (Å²) in [7, 11) is 0. The lowest BCUT2D eigenvalue weighted by molar-refractivity contribution is -0.146. The summed E-state index contributed by atoms with van der Waals surface area (Å²) in [4.78, 5) is 17.9. The van der Waals surface area contributed by atoms with Crippen molar-refractivity contribution in [3.63, 3.8) is 0 Å². The maximum Gasteiger partial charge on any atom is 0.228 e. The lowest BCUT2D eigenvalue weighted by Gasteiger charge is -2.36. The molecular weight excluding hydrogens is 254 g/mol. The number of carbonyl (C=O) groups is 1. The molecule has 100 valence electrons. The van der Waals surface area contributed by atoms with Gasteiger partial charge in [-0.15, -0.1) is 11.3 Å². The molecular formula is C11H17N3O3S. The van der Waals surface area contributed by atoms with Crippen molar-refractivity contribution in [1.29, 1.82) is 0 Å². The first-order chi connectivity index (χ1) is 8.58. The van der Waals surface area contributed by atoms with Gasteiger partial charge in [0.05, 0.1) is 30.9 Å². The highest BCUT2D eigenvalue weighted by Crippen LogP contribution is 2.15. The van der Waals surface area contributed by atoms with Gasteiger partial charge in [0.15, 0.2) is 5.13 Å². The van der Waals surface area contributed by atoms with E-state index in [2.05, 4.69) is 4.98 Å². The lowest BCUT2D eigenvalue weighted by atomic mass is 10.2. The van der Waals surface area contributed by atoms with E-state index in [0.717, 1.165) is 0 Å². The van der Waals surface area contributed by atoms with Crippen LogP contribution < -0.4 is 5.73 Å². The first kappa shape index (κ1) is 13.3. The van der Waals surface area contributed by atoms with E-state index >= 15 is 0 Å². The van der Waals surface area contributed by atoms with Crippen LogP contribution in [0, 0.1) is 0 Å². The highest BCUT2D eigenvalue weighted by Gasteiger charge is 2.28. The molecule has 2 atom stereocenters. The van der Waals surface area contributed by atoms with Gasteiger partial charge in [0.1, 0.15) is 0 Å². The number of anilines is 1. The highest BCUT2D eigenvalue weighted by molar-refractivity contribution is 7.13. The molecule has 0 aromatic carbocycles. The van der Waals surface area contributed by atoms with Gasteiger partial charge in [0.25, 0.3) is 0 Å². The van der Waals surface area contributed by atoms with Crippen molar-refractivity contribution in [1.82, 2.24) is 9.88 Å². The first-order valence-electron chi connectivity index (χ1n) is 5.82. The van der Waals surface area contributed by atoms with Crippen molar-refractivity contribution in [3.05, 3.63) is 11.1 Å². The van der Waals surface area contributed by atoms with Crippen LogP contribution in [0.5, 0.6) is 0 Å². The summed E-state index contributed by atoms with van der Waals surface area (Å²) in [5.41, 5.74) is 6.22. The third-order valence-electron chi connectivity index (χ3n) is 2.78. The predicted octanol–water partition coefficient (Wildman–Crippen LogP) is -0.124. The fraction of sp³-hybridized carbons (Fsp3) is 0.636. The molecule has 0 saturated carbocycles. The average Bonchev–Trinajstić information content (AvgIpc) is 2.73. The molecule has 0 radical (unpaired) electrons. The van der Waals surface area contributed by atoms with Crippen molar-refractivity contribution in [3.8, 4) is 0 Å². The Morgan fingerprint density at radius 3 is 3.11 bits per heavy atom. The molecule has 0 bridgehead atoms. The number of rotatable bonds is 3. The number of thiazole rings is 1. The number of amides is 1. The van der Waals surface area contributed by atoms with Crippen molar-refractivity contribution in [2.45, 2.75) is 25.6 Å². The molecule has 2 heterocycles. The molecule has 1 aliphatic rings. The molecule has 1 aliphatic heterocycles. The van der Waals surface area contributed by atoms with Gasteiger partial charge in [-0.1, -0.05) is 0 Å². The monoisotopic (exact) mass is 271 g/mol. The molecule has 3 N–H and O–H groups in total. The number of aromatic nitrogens is 1. The van der Waals surface area contributed by atoms with Crippen LogP contribution in [-0.4, -0.2) is 52.8 Å². The van der Waals surface area contributed by atoms with Crippen LogP contribution >= 0.6 is 11.3 Å². The second-order valence-electron chi connectivity index (χ2n) is 4.40. The Bertz CT molecular complexity index is 423. The van der Waals surface area contributed by atoms with E-state index in [1.807, 2.05) is 6.92 Å². The van der Waals surface area contributed by atoms with Crippen molar-refractivity contribution >= 4 is 22.4 Å². The van der Waals surface area contributed by atoms with E-state index in [-0.39, 0.29) is 31.1 Å². The van der Waals surface area contributed by atoms with Crippen LogP contribution in [0.3, 0.4) is 0 Å². The minimum absolute atomic E-state index is 0.00565. The molecule has 2 rings (SSSR count). The number of hydrogen-bond donors (Lipinski definition) is 2. The van der Waals surface area contributed by atoms with Crippen LogP contribution in [0.15, 0.2) is 5.38 Å². The normalized spacial score (nSPS) is 24.2. The van der Waals surface area contributed by atoms with E-state index < -0.39 is 0 Å². The minimum atomic E-state index is -0.293. The molecule has 2 unspecified atom stereocenters. The number of hydrogen-bond acceptors (Lipinski definition) is 6. The number of aliphatic hydroxyl groups is 1. The lowest BCUT2D eigenvalue weighted by Crippen LogP contribution is -2.50. The zero-order chi connectivity index (χ0) is 13.1. The Kier molecular flexibility index (Phi) is 4.15. The molecule has 1 aromatic heterocycles. The Hall–Kier alpha value is -1.18. The van der Waals surface area contributed by atoms with Crippen LogP contribution in [0.1, 0.15) is 12.6 Å². The van der Waals surface area contributed by atoms with Gasteiger partial charge in [0.2, 0.25) is 5.91 Å². The predicted molar refractivity (Wildman–Crippen MR) is 68.2 cm³/mol. The molecule has 7 heteroatoms. The summed E-state index contributed by atoms with van der Waals surface area (Å²) in [5, 5.41) is 11.4. The molecule has 18 heavy (non-hydrogen) atoms. The van der Waals surface area contributed by atoms with E-state index in [0.29, 0.717) is 23.9 Å². The molecule has 1 aromatic rings. The molecule has 1 saturated heterocycles. The summed E-state index contributed by atoms with van der Waals surface area (Å²) >= 11 is 1.33. The smallest absolute Gasteiger partial charge is 0.228 e. The summed E-state index contributed by atoms with van der Waals surface area (Å²) in [6.45, 7) is 2.80. The fourth-order valence-electron chi connectivity index (χ4n) is 2.02. The number of morpholine rings is 1. The molecule has 1 amide bonds. The topological polar surface area (TPSA) is 88.7 Å². The third-order valence-corrected chi connectivity index (χ3v) is 3.51. The second-order valence-corrected chi connectivity index (χ2v) is 5.29. The zero-order valence-electron chi connectivity index (χ0n) is 10.2. The number of nitrogen functional groups attached to an aromatic ring is 1. The van der Waals surface area contributed by atoms with Crippen molar-refractivity contribution in [2.24, 2.45) is 0 Å². The average molecular weight is 271 g/mol. The van der Waals surface area contributed by atoms with Crippen molar-refractivity contribution in [2.75, 3.05) is 25.4 Å². The van der Waals surface area contributed by atoms with E-state index in [9.17, 15) is 4.79 Å². The van der Waals surface area contributed by atoms with E-state index in [1.165, 1.54) is 11.3 Å². The van der Waals surface area contributed by atoms with Gasteiger partial charge in [0, 0.05) is 18.5 Å². The third kappa shape index (κ3) is 3.18. The van der Waals surface area contributed by atoms with Gasteiger partial charge >= 0.3 is 0 Å². The Labute approximate surface area is 109 Å². The summed E-state index contributed by atoms with van der Waals surface area (Å²) in [6, 6.07) is 0. The number of nitrogens with zero attached hydrogens (tertiary/aromatic N) is 2. The van der Waals surface area contributed by atoms with E-state index in [1.54, 1.807) is 10.3 Å². The zero-order valence-corrected chi connectivity index (χ0v) is 11.0. The fourth-order valence-corrected chi connectivity index (χ4v) is 2.58. The van der Waals surface area contributed by atoms with E-state index in [4.69, 9.17) is 15.6 Å². The molecule has 0 spiro atoms. The van der Waals surface area contributed by atoms with Gasteiger partial charge in [-0.2, -0.15) is 0 Å². The van der Waals surface area contributed by atoms with Crippen LogP contribution in [0.4, 0.5) is 5.13 Å². The first-order valence-corrected chi connectivity index (χ1v) is 6.70. The largest absolute Gasteiger partial charge is 0.394 e. The maximum atomic E-state index is 12.1. The Balaban J connectivity index is 1.95. The number of nitrogens with two attached hydrogens (primary N) is 1. The van der Waals surface area contributed by atoms with Crippen molar-refractivity contribution < 1.29 is 14.6 Å². The molecule has 1 fully saturated rings.